The minimum atomic E-state index is 0. The molecule has 0 amide bonds. The van der Waals surface area contributed by atoms with E-state index in [1.807, 2.05) is 7.05 Å². The summed E-state index contributed by atoms with van der Waals surface area (Å²) in [4.78, 5) is 10.8. The number of carbonyl (C=O) groups excluding carboxylic acids is 1. The second kappa shape index (κ2) is 6.14. The zero-order valence-corrected chi connectivity index (χ0v) is 8.10. The fourth-order valence-electron chi connectivity index (χ4n) is 2.06. The van der Waals surface area contributed by atoms with Crippen molar-refractivity contribution in [1.82, 2.24) is 5.32 Å². The third kappa shape index (κ3) is 4.41. The largest absolute Gasteiger partial charge is 0.317 e. The van der Waals surface area contributed by atoms with Crippen LogP contribution in [0.25, 0.3) is 0 Å². The number of hydrogen-bond donors (Lipinski definition) is 1. The Labute approximate surface area is 82.1 Å². The number of Topliss-reactive ketones (excluding diaryl/α,β-unsaturated/α-hetero) is 1. The molecule has 0 unspecified atom stereocenters. The minimum absolute atomic E-state index is 0. The van der Waals surface area contributed by atoms with Crippen molar-refractivity contribution in [1.29, 1.82) is 0 Å². The van der Waals surface area contributed by atoms with Gasteiger partial charge in [-0.2, -0.15) is 0 Å². The van der Waals surface area contributed by atoms with Crippen LogP contribution in [0.3, 0.4) is 0 Å². The summed E-state index contributed by atoms with van der Waals surface area (Å²) in [5, 5.41) is 3.29. The van der Waals surface area contributed by atoms with Crippen LogP contribution in [0.5, 0.6) is 0 Å². The van der Waals surface area contributed by atoms with E-state index in [0.29, 0.717) is 17.7 Å². The number of hydrogen-bond acceptors (Lipinski definition) is 2. The monoisotopic (exact) mass is 185 g/mol. The highest BCUT2D eigenvalue weighted by molar-refractivity contribution is 5.75. The Balaban J connectivity index is 0.00000144. The van der Waals surface area contributed by atoms with Gasteiger partial charge in [-0.3, -0.25) is 0 Å². The fourth-order valence-corrected chi connectivity index (χ4v) is 2.06. The van der Waals surface area contributed by atoms with Crippen LogP contribution in [0, 0.1) is 5.92 Å². The van der Waals surface area contributed by atoms with Crippen LogP contribution in [-0.2, 0) is 4.79 Å². The van der Waals surface area contributed by atoms with Crippen LogP contribution in [0.4, 0.5) is 0 Å². The quantitative estimate of drug-likeness (QED) is 0.731. The Bertz CT molecular complexity index is 148. The molecule has 0 aliphatic heterocycles. The molecule has 0 spiro atoms. The minimum Gasteiger partial charge on any atom is -0.317 e. The molecule has 0 atom stereocenters. The van der Waals surface area contributed by atoms with Gasteiger partial charge in [0.2, 0.25) is 0 Å². The van der Waals surface area contributed by atoms with Crippen molar-refractivity contribution in [3.05, 3.63) is 0 Å². The van der Waals surface area contributed by atoms with Crippen LogP contribution in [0.1, 0.15) is 46.5 Å². The fraction of sp³-hybridized carbons (Fsp3) is 0.909. The van der Waals surface area contributed by atoms with Gasteiger partial charge in [-0.1, -0.05) is 7.43 Å². The molecule has 1 rings (SSSR count). The molecule has 1 saturated carbocycles. The SMILES string of the molecule is C.CNC1CCC(CC(C)=O)CC1. The average molecular weight is 185 g/mol. The molecular formula is C11H23NO. The lowest BCUT2D eigenvalue weighted by Crippen LogP contribution is -2.30. The first-order valence-electron chi connectivity index (χ1n) is 4.89. The summed E-state index contributed by atoms with van der Waals surface area (Å²) in [6.07, 6.45) is 5.75. The maximum absolute atomic E-state index is 10.8. The van der Waals surface area contributed by atoms with Crippen molar-refractivity contribution in [2.24, 2.45) is 5.92 Å². The van der Waals surface area contributed by atoms with Crippen LogP contribution < -0.4 is 5.32 Å². The predicted octanol–water partition coefficient (Wildman–Crippen LogP) is 2.38. The van der Waals surface area contributed by atoms with E-state index in [2.05, 4.69) is 5.32 Å². The van der Waals surface area contributed by atoms with E-state index >= 15 is 0 Å². The van der Waals surface area contributed by atoms with Gasteiger partial charge in [0, 0.05) is 12.5 Å². The Morgan fingerprint density at radius 1 is 1.31 bits per heavy atom. The number of nitrogens with one attached hydrogen (secondary N) is 1. The average Bonchev–Trinajstić information content (AvgIpc) is 2.05. The van der Waals surface area contributed by atoms with Crippen molar-refractivity contribution >= 4 is 5.78 Å². The van der Waals surface area contributed by atoms with Gasteiger partial charge in [0.05, 0.1) is 0 Å². The lowest BCUT2D eigenvalue weighted by molar-refractivity contribution is -0.118. The molecule has 1 aliphatic carbocycles. The summed E-state index contributed by atoms with van der Waals surface area (Å²) in [6, 6.07) is 0.702. The molecule has 0 aromatic carbocycles. The van der Waals surface area contributed by atoms with E-state index in [1.165, 1.54) is 25.7 Å². The van der Waals surface area contributed by atoms with Gasteiger partial charge in [-0.25, -0.2) is 0 Å². The first-order chi connectivity index (χ1) is 5.72. The van der Waals surface area contributed by atoms with Crippen molar-refractivity contribution in [2.75, 3.05) is 7.05 Å². The molecule has 0 bridgehead atoms. The normalized spacial score (nSPS) is 27.8. The summed E-state index contributed by atoms with van der Waals surface area (Å²) >= 11 is 0. The maximum Gasteiger partial charge on any atom is 0.130 e. The lowest BCUT2D eigenvalue weighted by Gasteiger charge is -2.27. The zero-order chi connectivity index (χ0) is 8.97. The molecule has 1 N–H and O–H groups in total. The van der Waals surface area contributed by atoms with Crippen LogP contribution >= 0.6 is 0 Å². The maximum atomic E-state index is 10.8. The molecule has 0 saturated heterocycles. The molecule has 1 aliphatic rings. The van der Waals surface area contributed by atoms with Crippen molar-refractivity contribution in [2.45, 2.75) is 52.5 Å². The van der Waals surface area contributed by atoms with Crippen LogP contribution in [0.2, 0.25) is 0 Å². The molecule has 2 nitrogen and oxygen atoms in total. The molecule has 0 aromatic heterocycles. The van der Waals surface area contributed by atoms with Crippen molar-refractivity contribution in [3.63, 3.8) is 0 Å². The smallest absolute Gasteiger partial charge is 0.130 e. The van der Waals surface area contributed by atoms with Crippen LogP contribution in [-0.4, -0.2) is 18.9 Å². The second-order valence-electron chi connectivity index (χ2n) is 3.91. The Kier molecular flexibility index (Phi) is 5.97. The highest BCUT2D eigenvalue weighted by Crippen LogP contribution is 2.26. The molecular weight excluding hydrogens is 162 g/mol. The van der Waals surface area contributed by atoms with E-state index in [9.17, 15) is 4.79 Å². The van der Waals surface area contributed by atoms with Gasteiger partial charge in [-0.05, 0) is 45.6 Å². The van der Waals surface area contributed by atoms with Crippen molar-refractivity contribution < 1.29 is 4.79 Å². The molecule has 13 heavy (non-hydrogen) atoms. The number of ketones is 1. The number of carbonyl (C=O) groups is 1. The molecule has 2 heteroatoms. The van der Waals surface area contributed by atoms with E-state index in [1.54, 1.807) is 6.92 Å². The third-order valence-electron chi connectivity index (χ3n) is 2.83. The van der Waals surface area contributed by atoms with E-state index in [-0.39, 0.29) is 7.43 Å². The molecule has 78 valence electrons. The van der Waals surface area contributed by atoms with Crippen molar-refractivity contribution in [3.8, 4) is 0 Å². The molecule has 0 heterocycles. The predicted molar refractivity (Wildman–Crippen MR) is 56.8 cm³/mol. The van der Waals surface area contributed by atoms with E-state index < -0.39 is 0 Å². The summed E-state index contributed by atoms with van der Waals surface area (Å²) in [6.45, 7) is 1.70. The molecule has 1 fully saturated rings. The van der Waals surface area contributed by atoms with Gasteiger partial charge in [-0.15, -0.1) is 0 Å². The van der Waals surface area contributed by atoms with Gasteiger partial charge in [0.1, 0.15) is 5.78 Å². The first kappa shape index (κ1) is 12.6. The summed E-state index contributed by atoms with van der Waals surface area (Å²) < 4.78 is 0. The van der Waals surface area contributed by atoms with Gasteiger partial charge in [0.25, 0.3) is 0 Å². The topological polar surface area (TPSA) is 29.1 Å². The zero-order valence-electron chi connectivity index (χ0n) is 8.10. The van der Waals surface area contributed by atoms with Gasteiger partial charge in [0.15, 0.2) is 0 Å². The Morgan fingerprint density at radius 2 is 1.85 bits per heavy atom. The summed E-state index contributed by atoms with van der Waals surface area (Å²) in [5.74, 6) is 1.02. The van der Waals surface area contributed by atoms with Gasteiger partial charge < -0.3 is 10.1 Å². The number of rotatable bonds is 3. The highest BCUT2D eigenvalue weighted by atomic mass is 16.1. The van der Waals surface area contributed by atoms with Crippen LogP contribution in [0.15, 0.2) is 0 Å². The van der Waals surface area contributed by atoms with Gasteiger partial charge >= 0.3 is 0 Å². The third-order valence-corrected chi connectivity index (χ3v) is 2.83. The summed E-state index contributed by atoms with van der Waals surface area (Å²) in [7, 11) is 2.02. The Morgan fingerprint density at radius 3 is 2.23 bits per heavy atom. The van der Waals surface area contributed by atoms with E-state index in [0.717, 1.165) is 6.42 Å². The standard InChI is InChI=1S/C10H19NO.CH4/c1-8(12)7-9-3-5-10(11-2)6-4-9;/h9-11H,3-7H2,1-2H3;1H4. The second-order valence-corrected chi connectivity index (χ2v) is 3.91. The van der Waals surface area contributed by atoms with E-state index in [4.69, 9.17) is 0 Å². The lowest BCUT2D eigenvalue weighted by atomic mass is 9.83. The summed E-state index contributed by atoms with van der Waals surface area (Å²) in [5.41, 5.74) is 0. The molecule has 0 aromatic rings. The molecule has 0 radical (unpaired) electrons. The highest BCUT2D eigenvalue weighted by Gasteiger charge is 2.20. The Hall–Kier alpha value is -0.370. The first-order valence-corrected chi connectivity index (χ1v) is 4.89.